The molecule has 0 aromatic carbocycles. The molecule has 3 atom stereocenters. The molecule has 0 spiro atoms. The van der Waals surface area contributed by atoms with E-state index in [-0.39, 0.29) is 17.9 Å². The number of sulfonamides is 1. The van der Waals surface area contributed by atoms with Crippen molar-refractivity contribution in [2.45, 2.75) is 38.8 Å². The van der Waals surface area contributed by atoms with Crippen LogP contribution in [0.2, 0.25) is 0 Å². The molecule has 2 aliphatic rings. The Hall–Kier alpha value is -0.660. The summed E-state index contributed by atoms with van der Waals surface area (Å²) in [6.45, 7) is 6.27. The van der Waals surface area contributed by atoms with Gasteiger partial charge in [-0.15, -0.1) is 0 Å². The van der Waals surface area contributed by atoms with E-state index in [0.717, 1.165) is 19.4 Å². The minimum absolute atomic E-state index is 0.0863. The van der Waals surface area contributed by atoms with E-state index in [9.17, 15) is 13.2 Å². The summed E-state index contributed by atoms with van der Waals surface area (Å²) in [6.07, 6.45) is 2.98. The highest BCUT2D eigenvalue weighted by atomic mass is 32.2. The molecule has 2 heterocycles. The molecular formula is C13H25N3O3S. The number of hydrogen-bond acceptors (Lipinski definition) is 4. The maximum atomic E-state index is 12.5. The van der Waals surface area contributed by atoms with Gasteiger partial charge in [-0.05, 0) is 33.2 Å². The van der Waals surface area contributed by atoms with E-state index >= 15 is 0 Å². The molecule has 2 aliphatic heterocycles. The smallest absolute Gasteiger partial charge is 0.225 e. The van der Waals surface area contributed by atoms with E-state index in [2.05, 4.69) is 12.2 Å². The highest BCUT2D eigenvalue weighted by Gasteiger charge is 2.35. The lowest BCUT2D eigenvalue weighted by molar-refractivity contribution is -0.138. The van der Waals surface area contributed by atoms with Crippen LogP contribution in [0.3, 0.4) is 0 Å². The molecule has 0 aromatic heterocycles. The summed E-state index contributed by atoms with van der Waals surface area (Å²) in [5.74, 6) is 0.279. The summed E-state index contributed by atoms with van der Waals surface area (Å²) in [6, 6.07) is 0.245. The highest BCUT2D eigenvalue weighted by Crippen LogP contribution is 2.21. The Morgan fingerprint density at radius 2 is 1.95 bits per heavy atom. The fourth-order valence-electron chi connectivity index (χ4n) is 3.25. The van der Waals surface area contributed by atoms with E-state index in [1.54, 1.807) is 0 Å². The first-order valence-electron chi connectivity index (χ1n) is 7.28. The van der Waals surface area contributed by atoms with Gasteiger partial charge in [0.1, 0.15) is 0 Å². The number of piperidine rings is 1. The molecule has 2 fully saturated rings. The second kappa shape index (κ2) is 5.99. The summed E-state index contributed by atoms with van der Waals surface area (Å²) in [5, 5.41) is 3.35. The standard InChI is InChI=1S/C13H25N3O3S/c1-10-8-12(4-5-14-10)13(17)15-6-7-16(11(2)9-15)20(3,18)19/h10-12,14H,4-9H2,1-3H3/t10-,11-,12-/m0/s1. The summed E-state index contributed by atoms with van der Waals surface area (Å²) in [5.41, 5.74) is 0. The molecule has 1 N–H and O–H groups in total. The third-order valence-electron chi connectivity index (χ3n) is 4.28. The number of piperazine rings is 1. The SMILES string of the molecule is C[C@H]1C[C@@H](C(=O)N2CCN(S(C)(=O)=O)[C@@H](C)C2)CCN1. The molecule has 20 heavy (non-hydrogen) atoms. The van der Waals surface area contributed by atoms with E-state index in [0.29, 0.717) is 25.7 Å². The van der Waals surface area contributed by atoms with Gasteiger partial charge in [-0.3, -0.25) is 4.79 Å². The van der Waals surface area contributed by atoms with Crippen molar-refractivity contribution in [3.63, 3.8) is 0 Å². The first-order chi connectivity index (χ1) is 9.29. The van der Waals surface area contributed by atoms with Crippen LogP contribution in [-0.4, -0.2) is 68.0 Å². The molecule has 1 amide bonds. The van der Waals surface area contributed by atoms with Crippen LogP contribution in [0.15, 0.2) is 0 Å². The zero-order chi connectivity index (χ0) is 14.9. The molecule has 6 nitrogen and oxygen atoms in total. The summed E-state index contributed by atoms with van der Waals surface area (Å²) < 4.78 is 24.8. The van der Waals surface area contributed by atoms with Crippen LogP contribution in [0, 0.1) is 5.92 Å². The van der Waals surface area contributed by atoms with Gasteiger partial charge in [-0.2, -0.15) is 4.31 Å². The first-order valence-corrected chi connectivity index (χ1v) is 9.13. The largest absolute Gasteiger partial charge is 0.340 e. The molecule has 0 aliphatic carbocycles. The van der Waals surface area contributed by atoms with Crippen molar-refractivity contribution in [3.05, 3.63) is 0 Å². The van der Waals surface area contributed by atoms with Gasteiger partial charge in [0.15, 0.2) is 0 Å². The fourth-order valence-corrected chi connectivity index (χ4v) is 4.38. The first kappa shape index (κ1) is 15.7. The predicted octanol–water partition coefficient (Wildman–Crippen LogP) is -0.133. The Balaban J connectivity index is 1.97. The molecule has 2 rings (SSSR count). The van der Waals surface area contributed by atoms with Crippen molar-refractivity contribution in [1.29, 1.82) is 0 Å². The van der Waals surface area contributed by atoms with Gasteiger partial charge in [0, 0.05) is 37.6 Å². The number of amides is 1. The Bertz CT molecular complexity index is 465. The lowest BCUT2D eigenvalue weighted by atomic mass is 9.91. The third kappa shape index (κ3) is 3.51. The van der Waals surface area contributed by atoms with Crippen LogP contribution in [0.4, 0.5) is 0 Å². The maximum Gasteiger partial charge on any atom is 0.225 e. The van der Waals surface area contributed by atoms with Crippen molar-refractivity contribution < 1.29 is 13.2 Å². The van der Waals surface area contributed by atoms with Crippen LogP contribution in [-0.2, 0) is 14.8 Å². The second-order valence-electron chi connectivity index (χ2n) is 6.08. The number of hydrogen-bond donors (Lipinski definition) is 1. The van der Waals surface area contributed by atoms with E-state index in [1.807, 2.05) is 11.8 Å². The number of carbonyl (C=O) groups excluding carboxylic acids is 1. The second-order valence-corrected chi connectivity index (χ2v) is 8.02. The fraction of sp³-hybridized carbons (Fsp3) is 0.923. The van der Waals surface area contributed by atoms with Crippen molar-refractivity contribution >= 4 is 15.9 Å². The van der Waals surface area contributed by atoms with Crippen LogP contribution >= 0.6 is 0 Å². The number of nitrogens with one attached hydrogen (secondary N) is 1. The maximum absolute atomic E-state index is 12.5. The number of carbonyl (C=O) groups is 1. The van der Waals surface area contributed by atoms with Crippen molar-refractivity contribution in [2.24, 2.45) is 5.92 Å². The van der Waals surface area contributed by atoms with Crippen LogP contribution in [0.5, 0.6) is 0 Å². The van der Waals surface area contributed by atoms with E-state index in [4.69, 9.17) is 0 Å². The van der Waals surface area contributed by atoms with Gasteiger partial charge >= 0.3 is 0 Å². The molecule has 0 bridgehead atoms. The normalized spacial score (nSPS) is 33.1. The Kier molecular flexibility index (Phi) is 4.71. The average molecular weight is 303 g/mol. The van der Waals surface area contributed by atoms with Gasteiger partial charge in [-0.25, -0.2) is 8.42 Å². The Morgan fingerprint density at radius 1 is 1.25 bits per heavy atom. The molecule has 0 radical (unpaired) electrons. The van der Waals surface area contributed by atoms with Gasteiger partial charge in [0.2, 0.25) is 15.9 Å². The number of rotatable bonds is 2. The molecule has 0 saturated carbocycles. The molecular weight excluding hydrogens is 278 g/mol. The summed E-state index contributed by atoms with van der Waals surface area (Å²) in [7, 11) is -3.17. The van der Waals surface area contributed by atoms with Crippen molar-refractivity contribution in [2.75, 3.05) is 32.4 Å². The minimum atomic E-state index is -3.17. The molecule has 2 saturated heterocycles. The highest BCUT2D eigenvalue weighted by molar-refractivity contribution is 7.88. The number of nitrogens with zero attached hydrogens (tertiary/aromatic N) is 2. The van der Waals surface area contributed by atoms with Crippen molar-refractivity contribution in [1.82, 2.24) is 14.5 Å². The van der Waals surface area contributed by atoms with E-state index in [1.165, 1.54) is 10.6 Å². The van der Waals surface area contributed by atoms with Gasteiger partial charge < -0.3 is 10.2 Å². The third-order valence-corrected chi connectivity index (χ3v) is 5.67. The Morgan fingerprint density at radius 3 is 2.50 bits per heavy atom. The van der Waals surface area contributed by atoms with Gasteiger partial charge in [0.05, 0.1) is 6.26 Å². The van der Waals surface area contributed by atoms with E-state index < -0.39 is 10.0 Å². The monoisotopic (exact) mass is 303 g/mol. The summed E-state index contributed by atoms with van der Waals surface area (Å²) in [4.78, 5) is 14.4. The zero-order valence-electron chi connectivity index (χ0n) is 12.5. The van der Waals surface area contributed by atoms with Crippen LogP contribution in [0.1, 0.15) is 26.7 Å². The molecule has 0 unspecified atom stereocenters. The van der Waals surface area contributed by atoms with Gasteiger partial charge in [0.25, 0.3) is 0 Å². The lowest BCUT2D eigenvalue weighted by Crippen LogP contribution is -2.56. The molecule has 0 aromatic rings. The predicted molar refractivity (Wildman–Crippen MR) is 77.8 cm³/mol. The zero-order valence-corrected chi connectivity index (χ0v) is 13.3. The lowest BCUT2D eigenvalue weighted by Gasteiger charge is -2.40. The average Bonchev–Trinajstić information content (AvgIpc) is 2.36. The van der Waals surface area contributed by atoms with Gasteiger partial charge in [-0.1, -0.05) is 0 Å². The molecule has 7 heteroatoms. The quantitative estimate of drug-likeness (QED) is 0.771. The van der Waals surface area contributed by atoms with Crippen molar-refractivity contribution in [3.8, 4) is 0 Å². The summed E-state index contributed by atoms with van der Waals surface area (Å²) >= 11 is 0. The topological polar surface area (TPSA) is 69.7 Å². The van der Waals surface area contributed by atoms with Crippen LogP contribution in [0.25, 0.3) is 0 Å². The minimum Gasteiger partial charge on any atom is -0.340 e. The Labute approximate surface area is 121 Å². The van der Waals surface area contributed by atoms with Crippen LogP contribution < -0.4 is 5.32 Å². The molecule has 116 valence electrons.